The van der Waals surface area contributed by atoms with E-state index >= 15 is 0 Å². The molecule has 7 heteroatoms. The smallest absolute Gasteiger partial charge is 0.321 e. The van der Waals surface area contributed by atoms with E-state index in [4.69, 9.17) is 0 Å². The van der Waals surface area contributed by atoms with E-state index < -0.39 is 5.60 Å². The van der Waals surface area contributed by atoms with Crippen molar-refractivity contribution in [3.63, 3.8) is 0 Å². The summed E-state index contributed by atoms with van der Waals surface area (Å²) in [5.74, 6) is 0. The molecule has 1 aromatic heterocycles. The number of amides is 2. The molecule has 0 spiro atoms. The molecule has 0 aliphatic heterocycles. The third kappa shape index (κ3) is 3.63. The molecule has 1 saturated carbocycles. The van der Waals surface area contributed by atoms with Crippen LogP contribution in [0.3, 0.4) is 0 Å². The van der Waals surface area contributed by atoms with E-state index in [0.717, 1.165) is 24.3 Å². The molecule has 1 aliphatic rings. The third-order valence-electron chi connectivity index (χ3n) is 3.15. The predicted molar refractivity (Wildman–Crippen MR) is 74.4 cm³/mol. The Morgan fingerprint density at radius 2 is 2.11 bits per heavy atom. The molecular formula is C12H20N4O2S. The van der Waals surface area contributed by atoms with E-state index in [9.17, 15) is 9.90 Å². The summed E-state index contributed by atoms with van der Waals surface area (Å²) in [6.45, 7) is 6.42. The molecule has 2 rings (SSSR count). The van der Waals surface area contributed by atoms with Gasteiger partial charge in [0.05, 0.1) is 5.60 Å². The fourth-order valence-electron chi connectivity index (χ4n) is 1.72. The topological polar surface area (TPSA) is 87.1 Å². The first-order valence-electron chi connectivity index (χ1n) is 6.40. The van der Waals surface area contributed by atoms with E-state index in [2.05, 4.69) is 20.8 Å². The van der Waals surface area contributed by atoms with Gasteiger partial charge >= 0.3 is 6.03 Å². The van der Waals surface area contributed by atoms with Crippen molar-refractivity contribution >= 4 is 22.5 Å². The van der Waals surface area contributed by atoms with Gasteiger partial charge in [-0.25, -0.2) is 4.79 Å². The number of hydrogen-bond acceptors (Lipinski definition) is 5. The van der Waals surface area contributed by atoms with Gasteiger partial charge in [0.25, 0.3) is 0 Å². The number of carbonyl (C=O) groups excluding carboxylic acids is 1. The van der Waals surface area contributed by atoms with Gasteiger partial charge in [-0.1, -0.05) is 32.1 Å². The van der Waals surface area contributed by atoms with Crippen LogP contribution < -0.4 is 10.6 Å². The summed E-state index contributed by atoms with van der Waals surface area (Å²) in [5, 5.41) is 24.5. The fraction of sp³-hybridized carbons (Fsp3) is 0.750. The van der Waals surface area contributed by atoms with Gasteiger partial charge in [-0.2, -0.15) is 0 Å². The molecule has 0 unspecified atom stereocenters. The van der Waals surface area contributed by atoms with Crippen LogP contribution in [0.2, 0.25) is 0 Å². The van der Waals surface area contributed by atoms with Gasteiger partial charge in [-0.3, -0.25) is 5.32 Å². The summed E-state index contributed by atoms with van der Waals surface area (Å²) in [6, 6.07) is -0.350. The molecule has 0 bridgehead atoms. The summed E-state index contributed by atoms with van der Waals surface area (Å²) < 4.78 is 0. The van der Waals surface area contributed by atoms with Crippen LogP contribution in [0.15, 0.2) is 0 Å². The van der Waals surface area contributed by atoms with Gasteiger partial charge in [-0.05, 0) is 19.3 Å². The minimum atomic E-state index is -0.713. The Kier molecular flexibility index (Phi) is 3.78. The van der Waals surface area contributed by atoms with E-state index in [1.165, 1.54) is 11.3 Å². The molecule has 3 N–H and O–H groups in total. The van der Waals surface area contributed by atoms with Gasteiger partial charge in [0, 0.05) is 12.0 Å². The van der Waals surface area contributed by atoms with Crippen molar-refractivity contribution in [2.45, 2.75) is 51.0 Å². The van der Waals surface area contributed by atoms with Crippen LogP contribution in [-0.4, -0.2) is 33.5 Å². The van der Waals surface area contributed by atoms with Crippen molar-refractivity contribution in [1.29, 1.82) is 0 Å². The first-order valence-corrected chi connectivity index (χ1v) is 7.21. The van der Waals surface area contributed by atoms with E-state index in [1.807, 2.05) is 20.8 Å². The molecule has 1 fully saturated rings. The van der Waals surface area contributed by atoms with Gasteiger partial charge < -0.3 is 10.4 Å². The van der Waals surface area contributed by atoms with Crippen molar-refractivity contribution in [3.05, 3.63) is 5.01 Å². The standard InChI is InChI=1S/C12H20N4O2S/c1-11(2,3)8-15-16-10(19-8)14-9(17)13-7-12(18)5-4-6-12/h18H,4-7H2,1-3H3,(H2,13,14,16,17). The Morgan fingerprint density at radius 3 is 2.58 bits per heavy atom. The number of anilines is 1. The van der Waals surface area contributed by atoms with Crippen molar-refractivity contribution in [2.24, 2.45) is 0 Å². The third-order valence-corrected chi connectivity index (χ3v) is 4.41. The number of hydrogen-bond donors (Lipinski definition) is 3. The van der Waals surface area contributed by atoms with Crippen LogP contribution in [0.1, 0.15) is 45.0 Å². The highest BCUT2D eigenvalue weighted by Crippen LogP contribution is 2.30. The number of nitrogens with zero attached hydrogens (tertiary/aromatic N) is 2. The van der Waals surface area contributed by atoms with Crippen LogP contribution in [-0.2, 0) is 5.41 Å². The predicted octanol–water partition coefficient (Wildman–Crippen LogP) is 1.87. The number of rotatable bonds is 3. The highest BCUT2D eigenvalue weighted by Gasteiger charge is 2.34. The zero-order valence-electron chi connectivity index (χ0n) is 11.5. The molecule has 1 aromatic rings. The lowest BCUT2D eigenvalue weighted by atomic mass is 9.80. The Labute approximate surface area is 116 Å². The number of aliphatic hydroxyl groups is 1. The SMILES string of the molecule is CC(C)(C)c1nnc(NC(=O)NCC2(O)CCC2)s1. The number of carbonyl (C=O) groups is 1. The van der Waals surface area contributed by atoms with Gasteiger partial charge in [0.2, 0.25) is 5.13 Å². The van der Waals surface area contributed by atoms with Gasteiger partial charge in [-0.15, -0.1) is 10.2 Å². The van der Waals surface area contributed by atoms with E-state index in [0.29, 0.717) is 5.13 Å². The second-order valence-electron chi connectivity index (χ2n) is 6.05. The summed E-state index contributed by atoms with van der Waals surface area (Å²) in [7, 11) is 0. The minimum absolute atomic E-state index is 0.0742. The quantitative estimate of drug-likeness (QED) is 0.791. The second-order valence-corrected chi connectivity index (χ2v) is 7.03. The first-order chi connectivity index (χ1) is 8.78. The van der Waals surface area contributed by atoms with Crippen molar-refractivity contribution in [1.82, 2.24) is 15.5 Å². The molecule has 1 heterocycles. The normalized spacial score (nSPS) is 17.7. The fourth-order valence-corrected chi connectivity index (χ4v) is 2.52. The highest BCUT2D eigenvalue weighted by molar-refractivity contribution is 7.15. The van der Waals surface area contributed by atoms with Crippen LogP contribution in [0.25, 0.3) is 0 Å². The molecule has 0 saturated heterocycles. The minimum Gasteiger partial charge on any atom is -0.388 e. The van der Waals surface area contributed by atoms with Crippen molar-refractivity contribution in [3.8, 4) is 0 Å². The van der Waals surface area contributed by atoms with E-state index in [-0.39, 0.29) is 18.0 Å². The molecule has 19 heavy (non-hydrogen) atoms. The summed E-state index contributed by atoms with van der Waals surface area (Å²) >= 11 is 1.36. The maximum Gasteiger partial charge on any atom is 0.321 e. The molecule has 1 aliphatic carbocycles. The molecule has 6 nitrogen and oxygen atoms in total. The summed E-state index contributed by atoms with van der Waals surface area (Å²) in [4.78, 5) is 11.7. The average molecular weight is 284 g/mol. The average Bonchev–Trinajstić information content (AvgIpc) is 2.72. The van der Waals surface area contributed by atoms with Crippen molar-refractivity contribution in [2.75, 3.05) is 11.9 Å². The number of urea groups is 1. The molecule has 2 amide bonds. The van der Waals surface area contributed by atoms with E-state index in [1.54, 1.807) is 0 Å². The van der Waals surface area contributed by atoms with Crippen LogP contribution in [0.4, 0.5) is 9.93 Å². The zero-order valence-corrected chi connectivity index (χ0v) is 12.3. The number of nitrogens with one attached hydrogen (secondary N) is 2. The zero-order chi connectivity index (χ0) is 14.1. The Morgan fingerprint density at radius 1 is 1.42 bits per heavy atom. The van der Waals surface area contributed by atoms with Crippen LogP contribution in [0.5, 0.6) is 0 Å². The summed E-state index contributed by atoms with van der Waals surface area (Å²) in [6.07, 6.45) is 2.52. The van der Waals surface area contributed by atoms with Crippen LogP contribution >= 0.6 is 11.3 Å². The number of aromatic nitrogens is 2. The highest BCUT2D eigenvalue weighted by atomic mass is 32.1. The van der Waals surface area contributed by atoms with Gasteiger partial charge in [0.1, 0.15) is 5.01 Å². The molecule has 106 valence electrons. The lowest BCUT2D eigenvalue weighted by Gasteiger charge is -2.36. The Balaban J connectivity index is 1.83. The van der Waals surface area contributed by atoms with Crippen LogP contribution in [0, 0.1) is 0 Å². The second kappa shape index (κ2) is 5.05. The van der Waals surface area contributed by atoms with Crippen molar-refractivity contribution < 1.29 is 9.90 Å². The lowest BCUT2D eigenvalue weighted by molar-refractivity contribution is -0.0287. The Bertz CT molecular complexity index is 463. The molecule has 0 atom stereocenters. The molecule has 0 aromatic carbocycles. The van der Waals surface area contributed by atoms with Gasteiger partial charge in [0.15, 0.2) is 0 Å². The maximum atomic E-state index is 11.7. The Hall–Kier alpha value is -1.21. The summed E-state index contributed by atoms with van der Waals surface area (Å²) in [5.41, 5.74) is -0.788. The molecular weight excluding hydrogens is 264 g/mol. The lowest BCUT2D eigenvalue weighted by Crippen LogP contribution is -2.48. The maximum absolute atomic E-state index is 11.7. The molecule has 0 radical (unpaired) electrons. The largest absolute Gasteiger partial charge is 0.388 e. The first kappa shape index (κ1) is 14.2. The monoisotopic (exact) mass is 284 g/mol.